The minimum atomic E-state index is -0.523. The van der Waals surface area contributed by atoms with Gasteiger partial charge in [-0.3, -0.25) is 0 Å². The number of para-hydroxylation sites is 1. The van der Waals surface area contributed by atoms with Gasteiger partial charge in [-0.25, -0.2) is 0 Å². The van der Waals surface area contributed by atoms with E-state index in [9.17, 15) is 5.11 Å². The number of hydrogen-bond acceptors (Lipinski definition) is 3. The van der Waals surface area contributed by atoms with Gasteiger partial charge in [-0.1, -0.05) is 31.5 Å². The molecule has 2 aromatic rings. The van der Waals surface area contributed by atoms with E-state index in [2.05, 4.69) is 18.3 Å². The normalized spacial score (nSPS) is 26.3. The molecule has 114 valence electrons. The maximum Gasteiger partial charge on any atom is 0.134 e. The molecule has 0 atom stereocenters. The van der Waals surface area contributed by atoms with Crippen LogP contribution in [0.4, 0.5) is 0 Å². The third kappa shape index (κ3) is 3.30. The Morgan fingerprint density at radius 2 is 2.05 bits per heavy atom. The molecule has 1 heterocycles. The van der Waals surface area contributed by atoms with Crippen LogP contribution in [0.2, 0.25) is 0 Å². The van der Waals surface area contributed by atoms with E-state index in [4.69, 9.17) is 4.42 Å². The molecule has 0 amide bonds. The molecule has 1 fully saturated rings. The second-order valence-corrected chi connectivity index (χ2v) is 6.44. The lowest BCUT2D eigenvalue weighted by molar-refractivity contribution is -0.00880. The van der Waals surface area contributed by atoms with Crippen molar-refractivity contribution in [3.05, 3.63) is 36.1 Å². The van der Waals surface area contributed by atoms with Gasteiger partial charge in [0.2, 0.25) is 0 Å². The zero-order valence-electron chi connectivity index (χ0n) is 12.8. The van der Waals surface area contributed by atoms with Gasteiger partial charge in [0, 0.05) is 24.0 Å². The highest BCUT2D eigenvalue weighted by atomic mass is 16.3. The van der Waals surface area contributed by atoms with Gasteiger partial charge in [-0.2, -0.15) is 0 Å². The standard InChI is InChI=1S/C18H25NO2/c1-2-14-7-9-18(20,10-8-14)13-19-11-15-12-21-17-6-4-3-5-16(15)17/h3-6,12,14,19-20H,2,7-11,13H2,1H3. The van der Waals surface area contributed by atoms with E-state index in [1.165, 1.54) is 6.42 Å². The van der Waals surface area contributed by atoms with E-state index in [1.54, 1.807) is 0 Å². The smallest absolute Gasteiger partial charge is 0.134 e. The topological polar surface area (TPSA) is 45.4 Å². The van der Waals surface area contributed by atoms with Gasteiger partial charge in [0.15, 0.2) is 0 Å². The Balaban J connectivity index is 1.54. The summed E-state index contributed by atoms with van der Waals surface area (Å²) in [5.74, 6) is 0.808. The summed E-state index contributed by atoms with van der Waals surface area (Å²) in [5, 5.41) is 15.2. The molecule has 1 saturated carbocycles. The molecular weight excluding hydrogens is 262 g/mol. The third-order valence-corrected chi connectivity index (χ3v) is 4.94. The summed E-state index contributed by atoms with van der Waals surface area (Å²) in [6.45, 7) is 3.66. The second kappa shape index (κ2) is 6.20. The van der Waals surface area contributed by atoms with Crippen molar-refractivity contribution >= 4 is 11.0 Å². The van der Waals surface area contributed by atoms with Crippen molar-refractivity contribution in [3.8, 4) is 0 Å². The average molecular weight is 287 g/mol. The number of benzene rings is 1. The highest BCUT2D eigenvalue weighted by molar-refractivity contribution is 5.80. The summed E-state index contributed by atoms with van der Waals surface area (Å²) in [4.78, 5) is 0. The van der Waals surface area contributed by atoms with Crippen molar-refractivity contribution in [1.82, 2.24) is 5.32 Å². The summed E-state index contributed by atoms with van der Waals surface area (Å²) in [6.07, 6.45) is 7.21. The highest BCUT2D eigenvalue weighted by Gasteiger charge is 2.32. The Hall–Kier alpha value is -1.32. The maximum absolute atomic E-state index is 10.6. The van der Waals surface area contributed by atoms with Gasteiger partial charge in [-0.05, 0) is 37.7 Å². The minimum Gasteiger partial charge on any atom is -0.464 e. The Morgan fingerprint density at radius 1 is 1.29 bits per heavy atom. The van der Waals surface area contributed by atoms with E-state index < -0.39 is 5.60 Å². The van der Waals surface area contributed by atoms with Crippen molar-refractivity contribution in [2.24, 2.45) is 5.92 Å². The van der Waals surface area contributed by atoms with E-state index >= 15 is 0 Å². The third-order valence-electron chi connectivity index (χ3n) is 4.94. The fourth-order valence-corrected chi connectivity index (χ4v) is 3.40. The molecule has 1 aliphatic carbocycles. The molecule has 3 rings (SSSR count). The predicted molar refractivity (Wildman–Crippen MR) is 85.1 cm³/mol. The number of nitrogens with one attached hydrogen (secondary N) is 1. The average Bonchev–Trinajstić information content (AvgIpc) is 2.92. The van der Waals surface area contributed by atoms with Crippen LogP contribution in [-0.2, 0) is 6.54 Å². The van der Waals surface area contributed by atoms with Crippen LogP contribution in [0.3, 0.4) is 0 Å². The van der Waals surface area contributed by atoms with Gasteiger partial charge >= 0.3 is 0 Å². The first-order valence-electron chi connectivity index (χ1n) is 8.08. The highest BCUT2D eigenvalue weighted by Crippen LogP contribution is 2.33. The summed E-state index contributed by atoms with van der Waals surface area (Å²) in [5.41, 5.74) is 1.57. The number of fused-ring (bicyclic) bond motifs is 1. The fraction of sp³-hybridized carbons (Fsp3) is 0.556. The monoisotopic (exact) mass is 287 g/mol. The first kappa shape index (κ1) is 14.6. The van der Waals surface area contributed by atoms with E-state index in [0.717, 1.165) is 54.7 Å². The number of hydrogen-bond donors (Lipinski definition) is 2. The van der Waals surface area contributed by atoms with Crippen molar-refractivity contribution in [2.75, 3.05) is 6.54 Å². The summed E-state index contributed by atoms with van der Waals surface area (Å²) >= 11 is 0. The molecule has 0 spiro atoms. The van der Waals surface area contributed by atoms with Gasteiger partial charge in [0.25, 0.3) is 0 Å². The number of aliphatic hydroxyl groups is 1. The fourth-order valence-electron chi connectivity index (χ4n) is 3.40. The molecule has 3 nitrogen and oxygen atoms in total. The van der Waals surface area contributed by atoms with Crippen LogP contribution in [0.25, 0.3) is 11.0 Å². The molecule has 0 unspecified atom stereocenters. The molecule has 0 saturated heterocycles. The predicted octanol–water partition coefficient (Wildman–Crippen LogP) is 3.85. The quantitative estimate of drug-likeness (QED) is 0.878. The van der Waals surface area contributed by atoms with Crippen LogP contribution in [0.5, 0.6) is 0 Å². The molecule has 3 heteroatoms. The summed E-state index contributed by atoms with van der Waals surface area (Å²) in [6, 6.07) is 8.08. The van der Waals surface area contributed by atoms with Crippen LogP contribution in [0.15, 0.2) is 34.9 Å². The minimum absolute atomic E-state index is 0.523. The Labute approximate surface area is 126 Å². The van der Waals surface area contributed by atoms with Crippen LogP contribution in [0, 0.1) is 5.92 Å². The summed E-state index contributed by atoms with van der Waals surface area (Å²) in [7, 11) is 0. The van der Waals surface area contributed by atoms with Gasteiger partial charge in [0.1, 0.15) is 5.58 Å². The molecule has 1 aliphatic rings. The molecule has 0 bridgehead atoms. The Bertz CT molecular complexity index is 582. The molecule has 0 radical (unpaired) electrons. The van der Waals surface area contributed by atoms with Gasteiger partial charge in [0.05, 0.1) is 11.9 Å². The van der Waals surface area contributed by atoms with Crippen LogP contribution in [0.1, 0.15) is 44.6 Å². The molecule has 0 aliphatic heterocycles. The largest absolute Gasteiger partial charge is 0.464 e. The Morgan fingerprint density at radius 3 is 2.81 bits per heavy atom. The van der Waals surface area contributed by atoms with Crippen molar-refractivity contribution in [3.63, 3.8) is 0 Å². The van der Waals surface area contributed by atoms with Crippen LogP contribution in [-0.4, -0.2) is 17.3 Å². The van der Waals surface area contributed by atoms with E-state index in [0.29, 0.717) is 6.54 Å². The van der Waals surface area contributed by atoms with E-state index in [-0.39, 0.29) is 0 Å². The van der Waals surface area contributed by atoms with Gasteiger partial charge in [-0.15, -0.1) is 0 Å². The second-order valence-electron chi connectivity index (χ2n) is 6.44. The molecular formula is C18H25NO2. The van der Waals surface area contributed by atoms with Gasteiger partial charge < -0.3 is 14.8 Å². The lowest BCUT2D eigenvalue weighted by atomic mass is 9.78. The molecule has 21 heavy (non-hydrogen) atoms. The Kier molecular flexibility index (Phi) is 4.32. The van der Waals surface area contributed by atoms with Crippen molar-refractivity contribution in [2.45, 2.75) is 51.2 Å². The summed E-state index contributed by atoms with van der Waals surface area (Å²) < 4.78 is 5.54. The number of rotatable bonds is 5. The lowest BCUT2D eigenvalue weighted by Gasteiger charge is -2.36. The number of furan rings is 1. The first-order chi connectivity index (χ1) is 10.2. The van der Waals surface area contributed by atoms with Crippen LogP contribution >= 0.6 is 0 Å². The zero-order chi connectivity index (χ0) is 14.7. The molecule has 1 aromatic heterocycles. The zero-order valence-corrected chi connectivity index (χ0v) is 12.8. The lowest BCUT2D eigenvalue weighted by Crippen LogP contribution is -2.43. The van der Waals surface area contributed by atoms with E-state index in [1.807, 2.05) is 24.5 Å². The van der Waals surface area contributed by atoms with Crippen molar-refractivity contribution in [1.29, 1.82) is 0 Å². The van der Waals surface area contributed by atoms with Crippen LogP contribution < -0.4 is 5.32 Å². The maximum atomic E-state index is 10.6. The van der Waals surface area contributed by atoms with Crippen molar-refractivity contribution < 1.29 is 9.52 Å². The molecule has 2 N–H and O–H groups in total. The SMILES string of the molecule is CCC1CCC(O)(CNCc2coc3ccccc23)CC1. The first-order valence-corrected chi connectivity index (χ1v) is 8.08. The molecule has 1 aromatic carbocycles.